The summed E-state index contributed by atoms with van der Waals surface area (Å²) in [4.78, 5) is 14.1. The van der Waals surface area contributed by atoms with Crippen LogP contribution in [0.4, 0.5) is 0 Å². The maximum Gasteiger partial charge on any atom is 0.338 e. The Morgan fingerprint density at radius 2 is 1.85 bits per heavy atom. The van der Waals surface area contributed by atoms with Crippen molar-refractivity contribution < 1.29 is 14.1 Å². The Balaban J connectivity index is 1.69. The summed E-state index contributed by atoms with van der Waals surface area (Å²) in [6.07, 6.45) is 7.39. The summed E-state index contributed by atoms with van der Waals surface area (Å²) in [7, 11) is 0. The van der Waals surface area contributed by atoms with Crippen LogP contribution in [-0.4, -0.2) is 17.1 Å². The van der Waals surface area contributed by atoms with Crippen molar-refractivity contribution in [3.63, 3.8) is 0 Å². The fourth-order valence-corrected chi connectivity index (χ4v) is 5.15. The van der Waals surface area contributed by atoms with E-state index in [9.17, 15) is 9.35 Å². The molecule has 3 rings (SSSR count). The molecule has 5 heteroatoms. The summed E-state index contributed by atoms with van der Waals surface area (Å²) in [5, 5.41) is 0.410. The van der Waals surface area contributed by atoms with Crippen molar-refractivity contribution in [3.8, 4) is 0 Å². The second kappa shape index (κ2) is 9.63. The number of benzene rings is 2. The highest BCUT2D eigenvalue weighted by atomic mass is 35.5. The largest absolute Gasteiger partial charge is 0.606 e. The van der Waals surface area contributed by atoms with Gasteiger partial charge in [0.1, 0.15) is 0 Å². The number of hydrogen-bond donors (Lipinski definition) is 0. The van der Waals surface area contributed by atoms with E-state index in [1.807, 2.05) is 24.3 Å². The number of esters is 1. The Morgan fingerprint density at radius 1 is 1.11 bits per heavy atom. The van der Waals surface area contributed by atoms with Gasteiger partial charge in [0.15, 0.2) is 9.79 Å². The van der Waals surface area contributed by atoms with Crippen LogP contribution < -0.4 is 0 Å². The molecule has 0 saturated heterocycles. The Bertz CT molecular complexity index is 806. The Hall–Kier alpha value is -1.49. The summed E-state index contributed by atoms with van der Waals surface area (Å²) in [6, 6.07) is 11.0. The zero-order chi connectivity index (χ0) is 19.2. The van der Waals surface area contributed by atoms with Gasteiger partial charge in [-0.25, -0.2) is 4.79 Å². The fraction of sp³-hybridized carbons (Fsp3) is 0.409. The monoisotopic (exact) mass is 404 g/mol. The lowest BCUT2D eigenvalue weighted by Gasteiger charge is -2.23. The number of carbonyl (C=O) groups is 1. The normalized spacial score (nSPS) is 15.1. The van der Waals surface area contributed by atoms with Crippen LogP contribution in [0, 0.1) is 0 Å². The number of unbranched alkanes of at least 4 members (excludes halogenated alkanes) is 5. The fourth-order valence-electron chi connectivity index (χ4n) is 3.41. The van der Waals surface area contributed by atoms with Gasteiger partial charge in [-0.1, -0.05) is 68.8 Å². The van der Waals surface area contributed by atoms with Crippen molar-refractivity contribution in [3.05, 3.63) is 58.1 Å². The number of halogens is 1. The van der Waals surface area contributed by atoms with E-state index in [4.69, 9.17) is 16.3 Å². The summed E-state index contributed by atoms with van der Waals surface area (Å²) in [5.74, 6) is -0.376. The van der Waals surface area contributed by atoms with Gasteiger partial charge in [-0.15, -0.1) is 0 Å². The molecular weight excluding hydrogens is 380 g/mol. The first-order valence-electron chi connectivity index (χ1n) is 9.61. The second-order valence-electron chi connectivity index (χ2n) is 6.89. The number of hydrogen-bond acceptors (Lipinski definition) is 3. The van der Waals surface area contributed by atoms with E-state index in [0.717, 1.165) is 28.9 Å². The van der Waals surface area contributed by atoms with Crippen molar-refractivity contribution in [2.45, 2.75) is 61.7 Å². The summed E-state index contributed by atoms with van der Waals surface area (Å²) < 4.78 is 18.4. The molecule has 1 aliphatic rings. The maximum atomic E-state index is 12.9. The topological polar surface area (TPSA) is 49.4 Å². The molecule has 2 aromatic rings. The van der Waals surface area contributed by atoms with Crippen molar-refractivity contribution in [2.75, 3.05) is 6.61 Å². The Kier molecular flexibility index (Phi) is 7.22. The Morgan fingerprint density at radius 3 is 2.67 bits per heavy atom. The van der Waals surface area contributed by atoms with Crippen molar-refractivity contribution in [1.82, 2.24) is 0 Å². The van der Waals surface area contributed by atoms with Gasteiger partial charge in [-0.3, -0.25) is 0 Å². The molecular formula is C22H25ClO3S. The standard InChI is InChI=1S/C22H25ClO3S/c1-2-3-4-5-6-9-12-26-22(24)19-14-17(23)15-21-18(19)13-16-10-7-8-11-20(16)27(21)25/h7-8,10-11,14-15H,2-6,9,12-13H2,1H3. The minimum absolute atomic E-state index is 0.376. The molecule has 0 bridgehead atoms. The molecule has 0 aromatic heterocycles. The van der Waals surface area contributed by atoms with Crippen LogP contribution >= 0.6 is 11.6 Å². The maximum absolute atomic E-state index is 12.9. The molecule has 3 nitrogen and oxygen atoms in total. The van der Waals surface area contributed by atoms with Crippen LogP contribution in [-0.2, 0) is 22.3 Å². The van der Waals surface area contributed by atoms with E-state index in [1.165, 1.54) is 25.7 Å². The van der Waals surface area contributed by atoms with Gasteiger partial charge in [0.2, 0.25) is 0 Å². The minimum Gasteiger partial charge on any atom is -0.606 e. The highest BCUT2D eigenvalue weighted by molar-refractivity contribution is 7.91. The van der Waals surface area contributed by atoms with Crippen molar-refractivity contribution >= 4 is 28.7 Å². The van der Waals surface area contributed by atoms with Crippen LogP contribution in [0.25, 0.3) is 0 Å². The van der Waals surface area contributed by atoms with Crippen LogP contribution in [0.5, 0.6) is 0 Å². The quantitative estimate of drug-likeness (QED) is 0.311. The van der Waals surface area contributed by atoms with Gasteiger partial charge in [0, 0.05) is 39.8 Å². The van der Waals surface area contributed by atoms with Crippen molar-refractivity contribution in [1.29, 1.82) is 0 Å². The molecule has 1 atom stereocenters. The van der Waals surface area contributed by atoms with E-state index >= 15 is 0 Å². The SMILES string of the molecule is CCCCCCCCOC(=O)c1cc(Cl)cc2c1Cc1ccccc1[S+]2[O-]. The third-order valence-electron chi connectivity index (χ3n) is 4.86. The zero-order valence-corrected chi connectivity index (χ0v) is 17.2. The van der Waals surface area contributed by atoms with Crippen molar-refractivity contribution in [2.24, 2.45) is 0 Å². The molecule has 0 saturated carbocycles. The lowest BCUT2D eigenvalue weighted by atomic mass is 9.99. The van der Waals surface area contributed by atoms with E-state index in [2.05, 4.69) is 6.92 Å². The molecule has 1 unspecified atom stereocenters. The molecule has 0 radical (unpaired) electrons. The zero-order valence-electron chi connectivity index (χ0n) is 15.6. The first kappa shape index (κ1) is 20.2. The molecule has 2 aromatic carbocycles. The van der Waals surface area contributed by atoms with Gasteiger partial charge in [-0.2, -0.15) is 0 Å². The molecule has 1 aliphatic heterocycles. The molecule has 0 spiro atoms. The summed E-state index contributed by atoms with van der Waals surface area (Å²) in [5.41, 5.74) is 2.19. The van der Waals surface area contributed by atoms with Gasteiger partial charge in [-0.05, 0) is 18.6 Å². The highest BCUT2D eigenvalue weighted by Crippen LogP contribution is 2.37. The Labute approximate surface area is 169 Å². The minimum atomic E-state index is -1.33. The highest BCUT2D eigenvalue weighted by Gasteiger charge is 2.32. The molecule has 0 aliphatic carbocycles. The lowest BCUT2D eigenvalue weighted by molar-refractivity contribution is 0.0496. The van der Waals surface area contributed by atoms with E-state index in [0.29, 0.717) is 28.5 Å². The van der Waals surface area contributed by atoms with E-state index in [-0.39, 0.29) is 5.97 Å². The second-order valence-corrected chi connectivity index (χ2v) is 8.74. The molecule has 0 fully saturated rings. The first-order chi connectivity index (χ1) is 13.1. The predicted molar refractivity (Wildman–Crippen MR) is 109 cm³/mol. The number of carbonyl (C=O) groups excluding carboxylic acids is 1. The summed E-state index contributed by atoms with van der Waals surface area (Å²) in [6.45, 7) is 2.60. The smallest absolute Gasteiger partial charge is 0.338 e. The predicted octanol–water partition coefficient (Wildman–Crippen LogP) is 5.93. The lowest BCUT2D eigenvalue weighted by Crippen LogP contribution is -2.19. The van der Waals surface area contributed by atoms with E-state index < -0.39 is 11.2 Å². The van der Waals surface area contributed by atoms with Gasteiger partial charge in [0.05, 0.1) is 12.2 Å². The number of rotatable bonds is 8. The van der Waals surface area contributed by atoms with Gasteiger partial charge < -0.3 is 9.29 Å². The number of ether oxygens (including phenoxy) is 1. The van der Waals surface area contributed by atoms with E-state index in [1.54, 1.807) is 12.1 Å². The molecule has 0 amide bonds. The molecule has 0 N–H and O–H groups in total. The molecule has 144 valence electrons. The average molecular weight is 405 g/mol. The van der Waals surface area contributed by atoms with Crippen LogP contribution in [0.2, 0.25) is 5.02 Å². The molecule has 1 heterocycles. The van der Waals surface area contributed by atoms with Crippen LogP contribution in [0.1, 0.15) is 66.9 Å². The first-order valence-corrected chi connectivity index (χ1v) is 11.1. The molecule has 27 heavy (non-hydrogen) atoms. The van der Waals surface area contributed by atoms with Gasteiger partial charge >= 0.3 is 5.97 Å². The third kappa shape index (κ3) is 4.87. The number of fused-ring (bicyclic) bond motifs is 2. The summed E-state index contributed by atoms with van der Waals surface area (Å²) >= 11 is 4.88. The average Bonchev–Trinajstić information content (AvgIpc) is 2.67. The van der Waals surface area contributed by atoms with Crippen LogP contribution in [0.3, 0.4) is 0 Å². The van der Waals surface area contributed by atoms with Crippen LogP contribution in [0.15, 0.2) is 46.2 Å². The third-order valence-corrected chi connectivity index (χ3v) is 6.64. The van der Waals surface area contributed by atoms with Gasteiger partial charge in [0.25, 0.3) is 0 Å².